The normalized spacial score (nSPS) is 27.6. The van der Waals surface area contributed by atoms with Gasteiger partial charge >= 0.3 is 0 Å². The van der Waals surface area contributed by atoms with E-state index in [1.165, 1.54) is 0 Å². The minimum atomic E-state index is -0.596. The van der Waals surface area contributed by atoms with Crippen LogP contribution in [0.4, 0.5) is 0 Å². The van der Waals surface area contributed by atoms with E-state index in [0.29, 0.717) is 19.1 Å². The van der Waals surface area contributed by atoms with E-state index in [1.54, 1.807) is 7.11 Å². The number of methoxy groups -OCH3 is 1. The monoisotopic (exact) mass is 230 g/mol. The van der Waals surface area contributed by atoms with Crippen LogP contribution in [0.3, 0.4) is 0 Å². The SMILES string of the molecule is COC1CCCC(OCCC(N)C(N)=O)C1. The molecule has 3 atom stereocenters. The van der Waals surface area contributed by atoms with Crippen LogP contribution in [-0.4, -0.2) is 37.9 Å². The third-order valence-corrected chi connectivity index (χ3v) is 3.06. The Morgan fingerprint density at radius 1 is 1.44 bits per heavy atom. The first-order valence-corrected chi connectivity index (χ1v) is 5.82. The summed E-state index contributed by atoms with van der Waals surface area (Å²) in [5.41, 5.74) is 10.6. The summed E-state index contributed by atoms with van der Waals surface area (Å²) in [7, 11) is 1.73. The summed E-state index contributed by atoms with van der Waals surface area (Å²) in [6.45, 7) is 0.491. The number of ether oxygens (including phenoxy) is 2. The summed E-state index contributed by atoms with van der Waals surface area (Å²) in [5, 5.41) is 0. The lowest BCUT2D eigenvalue weighted by atomic mass is 9.95. The molecule has 0 heterocycles. The molecule has 1 aliphatic carbocycles. The van der Waals surface area contributed by atoms with Crippen molar-refractivity contribution in [2.45, 2.75) is 50.4 Å². The number of hydrogen-bond donors (Lipinski definition) is 2. The molecule has 0 spiro atoms. The number of primary amides is 1. The Kier molecular flexibility index (Phi) is 5.73. The number of hydrogen-bond acceptors (Lipinski definition) is 4. The smallest absolute Gasteiger partial charge is 0.234 e. The Hall–Kier alpha value is -0.650. The lowest BCUT2D eigenvalue weighted by molar-refractivity contribution is -0.120. The molecule has 1 saturated carbocycles. The van der Waals surface area contributed by atoms with Crippen molar-refractivity contribution in [3.63, 3.8) is 0 Å². The van der Waals surface area contributed by atoms with Crippen LogP contribution in [0.15, 0.2) is 0 Å². The molecule has 0 aromatic carbocycles. The molecule has 5 heteroatoms. The topological polar surface area (TPSA) is 87.6 Å². The van der Waals surface area contributed by atoms with Gasteiger partial charge in [-0.2, -0.15) is 0 Å². The number of carbonyl (C=O) groups is 1. The highest BCUT2D eigenvalue weighted by Crippen LogP contribution is 2.23. The van der Waals surface area contributed by atoms with Crippen molar-refractivity contribution in [3.8, 4) is 0 Å². The molecule has 16 heavy (non-hydrogen) atoms. The number of amides is 1. The largest absolute Gasteiger partial charge is 0.381 e. The van der Waals surface area contributed by atoms with E-state index in [9.17, 15) is 4.79 Å². The Labute approximate surface area is 96.5 Å². The third-order valence-electron chi connectivity index (χ3n) is 3.06. The fraction of sp³-hybridized carbons (Fsp3) is 0.909. The zero-order chi connectivity index (χ0) is 12.0. The summed E-state index contributed by atoms with van der Waals surface area (Å²) in [6, 6.07) is -0.596. The maximum atomic E-state index is 10.7. The quantitative estimate of drug-likeness (QED) is 0.680. The zero-order valence-corrected chi connectivity index (χ0v) is 9.85. The highest BCUT2D eigenvalue weighted by atomic mass is 16.5. The van der Waals surface area contributed by atoms with Crippen LogP contribution in [0.2, 0.25) is 0 Å². The van der Waals surface area contributed by atoms with Crippen molar-refractivity contribution >= 4 is 5.91 Å². The predicted molar refractivity (Wildman–Crippen MR) is 60.8 cm³/mol. The molecule has 4 N–H and O–H groups in total. The van der Waals surface area contributed by atoms with Gasteiger partial charge < -0.3 is 20.9 Å². The minimum absolute atomic E-state index is 0.235. The van der Waals surface area contributed by atoms with Crippen LogP contribution in [0, 0.1) is 0 Å². The van der Waals surface area contributed by atoms with Crippen molar-refractivity contribution in [2.75, 3.05) is 13.7 Å². The number of nitrogens with two attached hydrogens (primary N) is 2. The second kappa shape index (κ2) is 6.83. The average Bonchev–Trinajstić information content (AvgIpc) is 2.29. The van der Waals surface area contributed by atoms with Crippen LogP contribution < -0.4 is 11.5 Å². The van der Waals surface area contributed by atoms with Crippen molar-refractivity contribution in [1.82, 2.24) is 0 Å². The van der Waals surface area contributed by atoms with Crippen LogP contribution in [0.25, 0.3) is 0 Å². The van der Waals surface area contributed by atoms with Crippen LogP contribution in [0.1, 0.15) is 32.1 Å². The van der Waals surface area contributed by atoms with Gasteiger partial charge in [-0.1, -0.05) is 0 Å². The first-order chi connectivity index (χ1) is 7.63. The van der Waals surface area contributed by atoms with E-state index < -0.39 is 11.9 Å². The van der Waals surface area contributed by atoms with Crippen LogP contribution in [0.5, 0.6) is 0 Å². The Bertz CT molecular complexity index is 223. The fourth-order valence-corrected chi connectivity index (χ4v) is 1.97. The molecular weight excluding hydrogens is 208 g/mol. The summed E-state index contributed by atoms with van der Waals surface area (Å²) in [4.78, 5) is 10.7. The standard InChI is InChI=1S/C11H22N2O3/c1-15-8-3-2-4-9(7-8)16-6-5-10(12)11(13)14/h8-10H,2-7,12H2,1H3,(H2,13,14). The molecule has 5 nitrogen and oxygen atoms in total. The van der Waals surface area contributed by atoms with Crippen molar-refractivity contribution in [2.24, 2.45) is 11.5 Å². The van der Waals surface area contributed by atoms with Gasteiger partial charge in [-0.15, -0.1) is 0 Å². The van der Waals surface area contributed by atoms with E-state index in [-0.39, 0.29) is 6.10 Å². The van der Waals surface area contributed by atoms with Gasteiger partial charge in [-0.3, -0.25) is 4.79 Å². The average molecular weight is 230 g/mol. The molecule has 0 radical (unpaired) electrons. The molecule has 0 aromatic heterocycles. The molecule has 0 bridgehead atoms. The summed E-state index contributed by atoms with van der Waals surface area (Å²) < 4.78 is 11.0. The van der Waals surface area contributed by atoms with Gasteiger partial charge in [0.2, 0.25) is 5.91 Å². The van der Waals surface area contributed by atoms with E-state index in [0.717, 1.165) is 25.7 Å². The molecule has 94 valence electrons. The lowest BCUT2D eigenvalue weighted by Crippen LogP contribution is -2.38. The van der Waals surface area contributed by atoms with E-state index in [2.05, 4.69) is 0 Å². The maximum Gasteiger partial charge on any atom is 0.234 e. The first-order valence-electron chi connectivity index (χ1n) is 5.82. The van der Waals surface area contributed by atoms with E-state index in [1.807, 2.05) is 0 Å². The predicted octanol–water partition coefficient (Wildman–Crippen LogP) is 0.163. The van der Waals surface area contributed by atoms with Crippen molar-refractivity contribution in [3.05, 3.63) is 0 Å². The molecule has 0 aromatic rings. The molecular formula is C11H22N2O3. The second-order valence-electron chi connectivity index (χ2n) is 4.31. The highest BCUT2D eigenvalue weighted by molar-refractivity contribution is 5.79. The van der Waals surface area contributed by atoms with E-state index >= 15 is 0 Å². The molecule has 1 amide bonds. The molecule has 3 unspecified atom stereocenters. The lowest BCUT2D eigenvalue weighted by Gasteiger charge is -2.28. The van der Waals surface area contributed by atoms with Crippen LogP contribution in [-0.2, 0) is 14.3 Å². The second-order valence-corrected chi connectivity index (χ2v) is 4.31. The summed E-state index contributed by atoms with van der Waals surface area (Å²) in [5.74, 6) is -0.470. The third kappa shape index (κ3) is 4.47. The highest BCUT2D eigenvalue weighted by Gasteiger charge is 2.22. The number of carbonyl (C=O) groups excluding carboxylic acids is 1. The van der Waals surface area contributed by atoms with Gasteiger partial charge in [0.1, 0.15) is 0 Å². The molecule has 0 saturated heterocycles. The zero-order valence-electron chi connectivity index (χ0n) is 9.85. The Morgan fingerprint density at radius 3 is 2.75 bits per heavy atom. The van der Waals surface area contributed by atoms with Gasteiger partial charge in [0.15, 0.2) is 0 Å². The van der Waals surface area contributed by atoms with Crippen LogP contribution >= 0.6 is 0 Å². The van der Waals surface area contributed by atoms with Gasteiger partial charge in [0, 0.05) is 13.7 Å². The molecule has 0 aliphatic heterocycles. The molecule has 1 rings (SSSR count). The van der Waals surface area contributed by atoms with Gasteiger partial charge in [-0.25, -0.2) is 0 Å². The molecule has 1 fully saturated rings. The fourth-order valence-electron chi connectivity index (χ4n) is 1.97. The summed E-state index contributed by atoms with van der Waals surface area (Å²) >= 11 is 0. The Balaban J connectivity index is 2.15. The Morgan fingerprint density at radius 2 is 2.12 bits per heavy atom. The maximum absolute atomic E-state index is 10.7. The van der Waals surface area contributed by atoms with Gasteiger partial charge in [0.25, 0.3) is 0 Å². The van der Waals surface area contributed by atoms with Gasteiger partial charge in [0.05, 0.1) is 18.2 Å². The van der Waals surface area contributed by atoms with Gasteiger partial charge in [-0.05, 0) is 32.1 Å². The van der Waals surface area contributed by atoms with Crippen molar-refractivity contribution in [1.29, 1.82) is 0 Å². The molecule has 1 aliphatic rings. The van der Waals surface area contributed by atoms with E-state index in [4.69, 9.17) is 20.9 Å². The first kappa shape index (κ1) is 13.4. The van der Waals surface area contributed by atoms with Crippen molar-refractivity contribution < 1.29 is 14.3 Å². The number of rotatable bonds is 6. The minimum Gasteiger partial charge on any atom is -0.381 e. The summed E-state index contributed by atoms with van der Waals surface area (Å²) in [6.07, 6.45) is 5.27.